The van der Waals surface area contributed by atoms with Crippen molar-refractivity contribution in [2.24, 2.45) is 0 Å². The van der Waals surface area contributed by atoms with Crippen molar-refractivity contribution in [3.05, 3.63) is 99.5 Å². The standard InChI is InChI=1S/C25H22ClNO4/c1-15-5-8-18(14-16(15)2)23(28)21-22(20-4-3-13-31-20)27(25(30)24(21)29)12-11-17-6-9-19(26)10-7-17/h3-10,13-14,22,28H,11-12H2,1-2H3/b23-21-. The molecular formula is C25H22ClNO4. The molecule has 0 saturated carbocycles. The second-order valence-corrected chi connectivity index (χ2v) is 8.12. The number of aliphatic hydroxyl groups excluding tert-OH is 1. The smallest absolute Gasteiger partial charge is 0.295 e. The Labute approximate surface area is 185 Å². The quantitative estimate of drug-likeness (QED) is 0.339. The number of hydrogen-bond donors (Lipinski definition) is 1. The highest BCUT2D eigenvalue weighted by Gasteiger charge is 2.47. The first-order chi connectivity index (χ1) is 14.9. The van der Waals surface area contributed by atoms with Gasteiger partial charge in [0.1, 0.15) is 17.6 Å². The summed E-state index contributed by atoms with van der Waals surface area (Å²) in [5.41, 5.74) is 3.58. The lowest BCUT2D eigenvalue weighted by Crippen LogP contribution is -2.31. The number of Topliss-reactive ketones (excluding diaryl/α,β-unsaturated/α-hetero) is 1. The molecule has 5 nitrogen and oxygen atoms in total. The van der Waals surface area contributed by atoms with Crippen molar-refractivity contribution in [2.75, 3.05) is 6.54 Å². The molecule has 1 aliphatic heterocycles. The van der Waals surface area contributed by atoms with Gasteiger partial charge in [0, 0.05) is 17.1 Å². The van der Waals surface area contributed by atoms with Gasteiger partial charge in [-0.05, 0) is 67.3 Å². The lowest BCUT2D eigenvalue weighted by molar-refractivity contribution is -0.140. The number of likely N-dealkylation sites (tertiary alicyclic amines) is 1. The molecule has 1 N–H and O–H groups in total. The van der Waals surface area contributed by atoms with Gasteiger partial charge in [0.25, 0.3) is 11.7 Å². The molecule has 1 amide bonds. The van der Waals surface area contributed by atoms with Crippen LogP contribution in [0.1, 0.15) is 34.1 Å². The topological polar surface area (TPSA) is 70.8 Å². The van der Waals surface area contributed by atoms with Crippen molar-refractivity contribution in [1.82, 2.24) is 4.90 Å². The average molecular weight is 436 g/mol. The first-order valence-electron chi connectivity index (χ1n) is 10.0. The summed E-state index contributed by atoms with van der Waals surface area (Å²) in [5, 5.41) is 11.7. The molecule has 2 aromatic carbocycles. The van der Waals surface area contributed by atoms with Crippen LogP contribution in [0.4, 0.5) is 0 Å². The molecule has 1 saturated heterocycles. The number of hydrogen-bond acceptors (Lipinski definition) is 4. The summed E-state index contributed by atoms with van der Waals surface area (Å²) < 4.78 is 5.56. The first-order valence-corrected chi connectivity index (χ1v) is 10.4. The minimum absolute atomic E-state index is 0.0410. The minimum atomic E-state index is -0.788. The molecule has 31 heavy (non-hydrogen) atoms. The number of benzene rings is 2. The number of carbonyl (C=O) groups is 2. The Hall–Kier alpha value is -3.31. The van der Waals surface area contributed by atoms with E-state index in [0.717, 1.165) is 16.7 Å². The second kappa shape index (κ2) is 8.44. The maximum Gasteiger partial charge on any atom is 0.295 e. The van der Waals surface area contributed by atoms with Gasteiger partial charge in [0.2, 0.25) is 0 Å². The van der Waals surface area contributed by atoms with Gasteiger partial charge in [-0.2, -0.15) is 0 Å². The lowest BCUT2D eigenvalue weighted by Gasteiger charge is -2.23. The molecule has 1 atom stereocenters. The Morgan fingerprint density at radius 2 is 1.81 bits per heavy atom. The van der Waals surface area contributed by atoms with Gasteiger partial charge in [-0.3, -0.25) is 9.59 Å². The SMILES string of the molecule is Cc1ccc(/C(O)=C2/C(=O)C(=O)N(CCc3ccc(Cl)cc3)C2c2ccco2)cc1C. The summed E-state index contributed by atoms with van der Waals surface area (Å²) in [6.07, 6.45) is 2.02. The fraction of sp³-hybridized carbons (Fsp3) is 0.200. The molecule has 158 valence electrons. The Kier molecular flexibility index (Phi) is 5.70. The number of aryl methyl sites for hydroxylation is 2. The third-order valence-corrected chi connectivity index (χ3v) is 5.94. The second-order valence-electron chi connectivity index (χ2n) is 7.68. The molecule has 0 bridgehead atoms. The van der Waals surface area contributed by atoms with Crippen LogP contribution in [0.25, 0.3) is 5.76 Å². The van der Waals surface area contributed by atoms with Crippen LogP contribution >= 0.6 is 11.6 Å². The van der Waals surface area contributed by atoms with Crippen molar-refractivity contribution in [1.29, 1.82) is 0 Å². The Morgan fingerprint density at radius 1 is 1.06 bits per heavy atom. The summed E-state index contributed by atoms with van der Waals surface area (Å²) in [6, 6.07) is 15.4. The summed E-state index contributed by atoms with van der Waals surface area (Å²) in [6.45, 7) is 4.19. The maximum absolute atomic E-state index is 13.0. The van der Waals surface area contributed by atoms with E-state index in [1.807, 2.05) is 38.1 Å². The number of nitrogens with zero attached hydrogens (tertiary/aromatic N) is 1. The summed E-state index contributed by atoms with van der Waals surface area (Å²) in [4.78, 5) is 27.4. The molecule has 1 fully saturated rings. The largest absolute Gasteiger partial charge is 0.507 e. The average Bonchev–Trinajstić information content (AvgIpc) is 3.37. The van der Waals surface area contributed by atoms with Crippen molar-refractivity contribution in [2.45, 2.75) is 26.3 Å². The third kappa shape index (κ3) is 4.01. The van der Waals surface area contributed by atoms with Crippen LogP contribution in [0.2, 0.25) is 5.02 Å². The van der Waals surface area contributed by atoms with Gasteiger partial charge in [-0.1, -0.05) is 35.9 Å². The Bertz CT molecular complexity index is 1160. The van der Waals surface area contributed by atoms with E-state index in [4.69, 9.17) is 16.0 Å². The zero-order valence-electron chi connectivity index (χ0n) is 17.3. The minimum Gasteiger partial charge on any atom is -0.507 e. The van der Waals surface area contributed by atoms with Crippen molar-refractivity contribution in [3.8, 4) is 0 Å². The van der Waals surface area contributed by atoms with Crippen molar-refractivity contribution < 1.29 is 19.1 Å². The summed E-state index contributed by atoms with van der Waals surface area (Å²) in [5.74, 6) is -1.13. The molecule has 1 unspecified atom stereocenters. The van der Waals surface area contributed by atoms with Gasteiger partial charge >= 0.3 is 0 Å². The summed E-state index contributed by atoms with van der Waals surface area (Å²) >= 11 is 5.95. The highest BCUT2D eigenvalue weighted by molar-refractivity contribution is 6.46. The molecule has 4 rings (SSSR count). The van der Waals surface area contributed by atoms with Crippen LogP contribution in [-0.2, 0) is 16.0 Å². The van der Waals surface area contributed by atoms with Crippen LogP contribution in [0.5, 0.6) is 0 Å². The van der Waals surface area contributed by atoms with Crippen molar-refractivity contribution in [3.63, 3.8) is 0 Å². The van der Waals surface area contributed by atoms with Crippen LogP contribution in [0, 0.1) is 13.8 Å². The van der Waals surface area contributed by atoms with Crippen LogP contribution in [0.3, 0.4) is 0 Å². The number of rotatable bonds is 5. The molecule has 0 aliphatic carbocycles. The van der Waals surface area contributed by atoms with E-state index in [1.54, 1.807) is 30.3 Å². The van der Waals surface area contributed by atoms with E-state index in [1.165, 1.54) is 11.2 Å². The monoisotopic (exact) mass is 435 g/mol. The van der Waals surface area contributed by atoms with E-state index >= 15 is 0 Å². The first kappa shape index (κ1) is 20.9. The predicted molar refractivity (Wildman–Crippen MR) is 119 cm³/mol. The van der Waals surface area contributed by atoms with Crippen LogP contribution < -0.4 is 0 Å². The van der Waals surface area contributed by atoms with Gasteiger partial charge < -0.3 is 14.4 Å². The number of halogens is 1. The number of carbonyl (C=O) groups excluding carboxylic acids is 2. The number of amides is 1. The number of furan rings is 1. The summed E-state index contributed by atoms with van der Waals surface area (Å²) in [7, 11) is 0. The van der Waals surface area contributed by atoms with E-state index in [2.05, 4.69) is 0 Å². The molecular weight excluding hydrogens is 414 g/mol. The van der Waals surface area contributed by atoms with Gasteiger partial charge in [-0.25, -0.2) is 0 Å². The highest BCUT2D eigenvalue weighted by atomic mass is 35.5. The van der Waals surface area contributed by atoms with E-state index in [0.29, 0.717) is 29.3 Å². The van der Waals surface area contributed by atoms with E-state index in [9.17, 15) is 14.7 Å². The lowest BCUT2D eigenvalue weighted by atomic mass is 9.97. The van der Waals surface area contributed by atoms with Crippen LogP contribution in [-0.4, -0.2) is 28.2 Å². The zero-order valence-corrected chi connectivity index (χ0v) is 18.0. The van der Waals surface area contributed by atoms with Gasteiger partial charge in [0.05, 0.1) is 11.8 Å². The number of ketones is 1. The molecule has 3 aromatic rings. The molecule has 0 spiro atoms. The van der Waals surface area contributed by atoms with Gasteiger partial charge in [0.15, 0.2) is 0 Å². The molecule has 0 radical (unpaired) electrons. The Balaban J connectivity index is 1.74. The van der Waals surface area contributed by atoms with Gasteiger partial charge in [-0.15, -0.1) is 0 Å². The van der Waals surface area contributed by atoms with E-state index < -0.39 is 17.7 Å². The Morgan fingerprint density at radius 3 is 2.45 bits per heavy atom. The van der Waals surface area contributed by atoms with Crippen LogP contribution in [0.15, 0.2) is 70.9 Å². The van der Waals surface area contributed by atoms with E-state index in [-0.39, 0.29) is 11.3 Å². The molecule has 6 heteroatoms. The fourth-order valence-corrected chi connectivity index (χ4v) is 3.92. The predicted octanol–water partition coefficient (Wildman–Crippen LogP) is 5.21. The molecule has 1 aliphatic rings. The molecule has 2 heterocycles. The fourth-order valence-electron chi connectivity index (χ4n) is 3.80. The zero-order chi connectivity index (χ0) is 22.1. The highest BCUT2D eigenvalue weighted by Crippen LogP contribution is 2.39. The van der Waals surface area contributed by atoms with Crippen molar-refractivity contribution >= 4 is 29.1 Å². The number of aliphatic hydroxyl groups is 1. The maximum atomic E-state index is 13.0. The normalized spacial score (nSPS) is 18.0. The third-order valence-electron chi connectivity index (χ3n) is 5.69. The molecule has 1 aromatic heterocycles.